The van der Waals surface area contributed by atoms with E-state index in [1.165, 1.54) is 24.8 Å². The fraction of sp³-hybridized carbons (Fsp3) is 0.818. The van der Waals surface area contributed by atoms with Crippen LogP contribution in [0.15, 0.2) is 12.2 Å². The van der Waals surface area contributed by atoms with Gasteiger partial charge in [-0.2, -0.15) is 0 Å². The Hall–Kier alpha value is -0.300. The zero-order valence-electron chi connectivity index (χ0n) is 8.40. The maximum Gasteiger partial charge on any atom is 0.0194 e. The molecule has 2 atom stereocenters. The first-order valence-electron chi connectivity index (χ1n) is 5.01. The largest absolute Gasteiger partial charge is 0.325 e. The minimum atomic E-state index is 0.0729. The van der Waals surface area contributed by atoms with Crippen LogP contribution >= 0.6 is 0 Å². The molecule has 0 radical (unpaired) electrons. The van der Waals surface area contributed by atoms with Crippen molar-refractivity contribution >= 4 is 0 Å². The summed E-state index contributed by atoms with van der Waals surface area (Å²) in [6, 6.07) is 0. The van der Waals surface area contributed by atoms with E-state index in [2.05, 4.69) is 20.4 Å². The molecule has 0 aromatic rings. The van der Waals surface area contributed by atoms with Gasteiger partial charge in [-0.25, -0.2) is 0 Å². The van der Waals surface area contributed by atoms with Crippen LogP contribution in [0, 0.1) is 5.92 Å². The number of nitrogens with two attached hydrogens (primary N) is 1. The first-order valence-corrected chi connectivity index (χ1v) is 5.01. The molecule has 0 amide bonds. The van der Waals surface area contributed by atoms with E-state index in [-0.39, 0.29) is 5.54 Å². The van der Waals surface area contributed by atoms with Crippen molar-refractivity contribution in [3.8, 4) is 0 Å². The van der Waals surface area contributed by atoms with Gasteiger partial charge in [-0.15, -0.1) is 0 Å². The molecule has 0 spiro atoms. The van der Waals surface area contributed by atoms with Gasteiger partial charge in [-0.05, 0) is 31.6 Å². The van der Waals surface area contributed by atoms with Crippen LogP contribution in [0.4, 0.5) is 0 Å². The van der Waals surface area contributed by atoms with Gasteiger partial charge in [0.05, 0.1) is 0 Å². The monoisotopic (exact) mass is 167 g/mol. The van der Waals surface area contributed by atoms with Gasteiger partial charge in [-0.3, -0.25) is 0 Å². The van der Waals surface area contributed by atoms with Gasteiger partial charge in [0, 0.05) is 5.54 Å². The van der Waals surface area contributed by atoms with Crippen molar-refractivity contribution in [3.63, 3.8) is 0 Å². The minimum absolute atomic E-state index is 0.0729. The van der Waals surface area contributed by atoms with E-state index in [1.54, 1.807) is 0 Å². The Kier molecular flexibility index (Phi) is 2.94. The van der Waals surface area contributed by atoms with Gasteiger partial charge in [0.1, 0.15) is 0 Å². The van der Waals surface area contributed by atoms with Crippen molar-refractivity contribution < 1.29 is 0 Å². The van der Waals surface area contributed by atoms with E-state index >= 15 is 0 Å². The summed E-state index contributed by atoms with van der Waals surface area (Å²) in [5.74, 6) is 0.739. The summed E-state index contributed by atoms with van der Waals surface area (Å²) in [5.41, 5.74) is 7.71. The van der Waals surface area contributed by atoms with Crippen LogP contribution in [0.3, 0.4) is 0 Å². The first kappa shape index (κ1) is 9.79. The van der Waals surface area contributed by atoms with Crippen LogP contribution < -0.4 is 5.73 Å². The molecule has 1 heteroatoms. The van der Waals surface area contributed by atoms with E-state index in [0.717, 1.165) is 18.8 Å². The summed E-state index contributed by atoms with van der Waals surface area (Å²) in [7, 11) is 0. The topological polar surface area (TPSA) is 26.0 Å². The minimum Gasteiger partial charge on any atom is -0.325 e. The van der Waals surface area contributed by atoms with Gasteiger partial charge in [-0.1, -0.05) is 32.4 Å². The van der Waals surface area contributed by atoms with Crippen molar-refractivity contribution in [2.75, 3.05) is 0 Å². The van der Waals surface area contributed by atoms with Crippen molar-refractivity contribution in [1.82, 2.24) is 0 Å². The van der Waals surface area contributed by atoms with E-state index in [4.69, 9.17) is 5.73 Å². The van der Waals surface area contributed by atoms with Crippen LogP contribution in [0.25, 0.3) is 0 Å². The van der Waals surface area contributed by atoms with Gasteiger partial charge in [0.15, 0.2) is 0 Å². The smallest absolute Gasteiger partial charge is 0.0194 e. The Bertz CT molecular complexity index is 174. The quantitative estimate of drug-likeness (QED) is 0.629. The first-order chi connectivity index (χ1) is 5.56. The number of hydrogen-bond donors (Lipinski definition) is 1. The molecule has 0 aromatic heterocycles. The number of hydrogen-bond acceptors (Lipinski definition) is 1. The summed E-state index contributed by atoms with van der Waals surface area (Å²) in [4.78, 5) is 0. The lowest BCUT2D eigenvalue weighted by Gasteiger charge is -2.38. The van der Waals surface area contributed by atoms with E-state index in [1.807, 2.05) is 0 Å². The number of rotatable bonds is 2. The maximum absolute atomic E-state index is 6.29. The van der Waals surface area contributed by atoms with Crippen LogP contribution in [0.2, 0.25) is 0 Å². The maximum atomic E-state index is 6.29. The average molecular weight is 167 g/mol. The Morgan fingerprint density at radius 1 is 1.67 bits per heavy atom. The summed E-state index contributed by atoms with van der Waals surface area (Å²) in [6.45, 7) is 8.55. The molecule has 1 fully saturated rings. The molecule has 1 rings (SSSR count). The van der Waals surface area contributed by atoms with Crippen LogP contribution in [-0.2, 0) is 0 Å². The standard InChI is InChI=1S/C11H21N/c1-4-5-11(12)7-9(2)6-10(3)8-11/h10H,2,4-8,12H2,1,3H3. The summed E-state index contributed by atoms with van der Waals surface area (Å²) < 4.78 is 0. The Morgan fingerprint density at radius 3 is 2.83 bits per heavy atom. The lowest BCUT2D eigenvalue weighted by molar-refractivity contribution is 0.265. The molecule has 0 bridgehead atoms. The van der Waals surface area contributed by atoms with Gasteiger partial charge in [0.25, 0.3) is 0 Å². The van der Waals surface area contributed by atoms with Crippen molar-refractivity contribution in [2.45, 2.75) is 51.5 Å². The zero-order valence-corrected chi connectivity index (χ0v) is 8.40. The van der Waals surface area contributed by atoms with Crippen molar-refractivity contribution in [3.05, 3.63) is 12.2 Å². The zero-order chi connectivity index (χ0) is 9.19. The highest BCUT2D eigenvalue weighted by Gasteiger charge is 2.31. The van der Waals surface area contributed by atoms with E-state index in [9.17, 15) is 0 Å². The van der Waals surface area contributed by atoms with Crippen LogP contribution in [-0.4, -0.2) is 5.54 Å². The second-order valence-corrected chi connectivity index (χ2v) is 4.55. The lowest BCUT2D eigenvalue weighted by Crippen LogP contribution is -2.44. The Morgan fingerprint density at radius 2 is 2.33 bits per heavy atom. The summed E-state index contributed by atoms with van der Waals surface area (Å²) in [6.07, 6.45) is 5.75. The lowest BCUT2D eigenvalue weighted by atomic mass is 9.73. The molecule has 0 aromatic carbocycles. The molecule has 0 saturated heterocycles. The van der Waals surface area contributed by atoms with Crippen LogP contribution in [0.5, 0.6) is 0 Å². The predicted octanol–water partition coefficient (Wildman–Crippen LogP) is 2.86. The normalized spacial score (nSPS) is 36.9. The summed E-state index contributed by atoms with van der Waals surface area (Å²) >= 11 is 0. The third kappa shape index (κ3) is 2.34. The molecule has 70 valence electrons. The molecule has 0 heterocycles. The highest BCUT2D eigenvalue weighted by molar-refractivity contribution is 5.09. The molecule has 0 aliphatic heterocycles. The van der Waals surface area contributed by atoms with Gasteiger partial charge >= 0.3 is 0 Å². The third-order valence-corrected chi connectivity index (χ3v) is 2.74. The fourth-order valence-electron chi connectivity index (χ4n) is 2.59. The average Bonchev–Trinajstić information content (AvgIpc) is 1.82. The second kappa shape index (κ2) is 3.61. The molecule has 12 heavy (non-hydrogen) atoms. The molecule has 1 aliphatic carbocycles. The summed E-state index contributed by atoms with van der Waals surface area (Å²) in [5, 5.41) is 0. The molecular weight excluding hydrogens is 146 g/mol. The van der Waals surface area contributed by atoms with Gasteiger partial charge in [0.2, 0.25) is 0 Å². The van der Waals surface area contributed by atoms with Crippen LogP contribution in [0.1, 0.15) is 46.0 Å². The predicted molar refractivity (Wildman–Crippen MR) is 54.0 cm³/mol. The second-order valence-electron chi connectivity index (χ2n) is 4.55. The van der Waals surface area contributed by atoms with Gasteiger partial charge < -0.3 is 5.73 Å². The molecule has 1 nitrogen and oxygen atoms in total. The Labute approximate surface area is 76.0 Å². The highest BCUT2D eigenvalue weighted by atomic mass is 14.7. The van der Waals surface area contributed by atoms with Crippen molar-refractivity contribution in [2.24, 2.45) is 11.7 Å². The highest BCUT2D eigenvalue weighted by Crippen LogP contribution is 2.35. The SMILES string of the molecule is C=C1CC(C)CC(N)(CCC)C1. The molecule has 2 unspecified atom stereocenters. The molecular formula is C11H21N. The van der Waals surface area contributed by atoms with E-state index < -0.39 is 0 Å². The Balaban J connectivity index is 2.58. The molecule has 1 aliphatic rings. The fourth-order valence-corrected chi connectivity index (χ4v) is 2.59. The van der Waals surface area contributed by atoms with Crippen molar-refractivity contribution in [1.29, 1.82) is 0 Å². The third-order valence-electron chi connectivity index (χ3n) is 2.74. The van der Waals surface area contributed by atoms with E-state index in [0.29, 0.717) is 0 Å². The molecule has 1 saturated carbocycles. The molecule has 2 N–H and O–H groups in total.